The van der Waals surface area contributed by atoms with Gasteiger partial charge in [0.1, 0.15) is 12.0 Å². The van der Waals surface area contributed by atoms with E-state index in [1.807, 2.05) is 72.8 Å². The van der Waals surface area contributed by atoms with Gasteiger partial charge >= 0.3 is 0 Å². The van der Waals surface area contributed by atoms with E-state index in [4.69, 9.17) is 11.6 Å². The van der Waals surface area contributed by atoms with E-state index in [1.165, 1.54) is 29.6 Å². The summed E-state index contributed by atoms with van der Waals surface area (Å²) in [4.78, 5) is 26.2. The fourth-order valence-electron chi connectivity index (χ4n) is 7.86. The molecule has 13 nitrogen and oxygen atoms in total. The van der Waals surface area contributed by atoms with Gasteiger partial charge in [0.15, 0.2) is 5.82 Å². The zero-order valence-electron chi connectivity index (χ0n) is 33.6. The Hall–Kier alpha value is -5.29. The molecule has 2 aliphatic rings. The quantitative estimate of drug-likeness (QED) is 0.0458. The number of benzene rings is 5. The van der Waals surface area contributed by atoms with Crippen LogP contribution in [0.2, 0.25) is 5.02 Å². The highest BCUT2D eigenvalue weighted by atomic mass is 35.5. The first-order chi connectivity index (χ1) is 29.7. The molecule has 0 bridgehead atoms. The summed E-state index contributed by atoms with van der Waals surface area (Å²) in [5, 5.41) is 19.2. The Labute approximate surface area is 365 Å². The molecule has 2 saturated heterocycles. The number of nitrogens with one attached hydrogen (secondary N) is 3. The summed E-state index contributed by atoms with van der Waals surface area (Å²) in [6, 6.07) is 35.9. The van der Waals surface area contributed by atoms with Gasteiger partial charge in [0.25, 0.3) is 15.7 Å². The molecule has 0 spiro atoms. The Morgan fingerprint density at radius 3 is 2.34 bits per heavy atom. The molecule has 1 aromatic heterocycles. The molecule has 16 heteroatoms. The lowest BCUT2D eigenvalue weighted by Crippen LogP contribution is -2.46. The molecule has 0 unspecified atom stereocenters. The molecule has 0 radical (unpaired) electrons. The van der Waals surface area contributed by atoms with Gasteiger partial charge in [0.05, 0.1) is 15.3 Å². The summed E-state index contributed by atoms with van der Waals surface area (Å²) in [5.74, 6) is 0.744. The first-order valence-corrected chi connectivity index (χ1v) is 23.3. The molecule has 5 aromatic carbocycles. The second kappa shape index (κ2) is 19.6. The van der Waals surface area contributed by atoms with Crippen molar-refractivity contribution in [2.24, 2.45) is 0 Å². The van der Waals surface area contributed by atoms with Gasteiger partial charge in [-0.1, -0.05) is 66.2 Å². The number of hydrazine groups is 1. The Morgan fingerprint density at radius 1 is 0.836 bits per heavy atom. The van der Waals surface area contributed by atoms with Crippen LogP contribution >= 0.6 is 23.4 Å². The fourth-order valence-corrected chi connectivity index (χ4v) is 10.1. The molecule has 1 atom stereocenters. The molecular weight excluding hydrogens is 830 g/mol. The first kappa shape index (κ1) is 42.4. The van der Waals surface area contributed by atoms with Crippen molar-refractivity contribution in [3.63, 3.8) is 0 Å². The van der Waals surface area contributed by atoms with E-state index in [2.05, 4.69) is 64.5 Å². The number of nitro groups is 1. The third-order valence-electron chi connectivity index (χ3n) is 11.1. The van der Waals surface area contributed by atoms with E-state index in [9.17, 15) is 18.5 Å². The molecular formula is C45H48ClN9O4S2. The van der Waals surface area contributed by atoms with Crippen LogP contribution in [0.15, 0.2) is 131 Å². The van der Waals surface area contributed by atoms with Crippen molar-refractivity contribution in [1.29, 1.82) is 0 Å². The maximum atomic E-state index is 13.8. The van der Waals surface area contributed by atoms with Gasteiger partial charge < -0.3 is 10.2 Å². The largest absolute Gasteiger partial charge is 0.376 e. The van der Waals surface area contributed by atoms with E-state index in [0.29, 0.717) is 29.6 Å². The molecule has 3 heterocycles. The van der Waals surface area contributed by atoms with Crippen molar-refractivity contribution in [2.75, 3.05) is 66.5 Å². The maximum Gasteiger partial charge on any atom is 0.293 e. The molecule has 61 heavy (non-hydrogen) atoms. The highest BCUT2D eigenvalue weighted by molar-refractivity contribution is 7.99. The molecule has 2 aliphatic heterocycles. The topological polar surface area (TPSA) is 149 Å². The van der Waals surface area contributed by atoms with Gasteiger partial charge in [0.2, 0.25) is 0 Å². The van der Waals surface area contributed by atoms with Gasteiger partial charge in [0, 0.05) is 91.2 Å². The molecule has 2 fully saturated rings. The minimum Gasteiger partial charge on any atom is -0.376 e. The summed E-state index contributed by atoms with van der Waals surface area (Å²) in [5.41, 5.74) is 8.47. The number of aromatic nitrogens is 2. The summed E-state index contributed by atoms with van der Waals surface area (Å²) in [7, 11) is -4.28. The van der Waals surface area contributed by atoms with E-state index < -0.39 is 14.9 Å². The molecule has 6 aromatic rings. The monoisotopic (exact) mass is 877 g/mol. The van der Waals surface area contributed by atoms with Crippen LogP contribution in [-0.4, -0.2) is 90.8 Å². The molecule has 3 N–H and O–H groups in total. The number of anilines is 3. The first-order valence-electron chi connectivity index (χ1n) is 20.5. The summed E-state index contributed by atoms with van der Waals surface area (Å²) in [6.07, 6.45) is 4.34. The summed E-state index contributed by atoms with van der Waals surface area (Å²) in [6.45, 7) is 6.75. The SMILES string of the molecule is O=[N+]([O-])c1cc(S(=O)(=O)Nc2ncnc3cc(N4CCN(Cc5cc(Cl)ccc5-c5ccccc5)CC4)ccc23)ccc1N[C@H](CCNN1CCCC1)CSc1ccccc1. The third-order valence-corrected chi connectivity index (χ3v) is 13.8. The van der Waals surface area contributed by atoms with Crippen LogP contribution in [-0.2, 0) is 16.6 Å². The number of thioether (sulfide) groups is 1. The zero-order valence-corrected chi connectivity index (χ0v) is 36.0. The number of sulfonamides is 1. The third kappa shape index (κ3) is 10.8. The normalized spacial score (nSPS) is 15.5. The maximum absolute atomic E-state index is 13.8. The Balaban J connectivity index is 0.934. The molecule has 0 amide bonds. The van der Waals surface area contributed by atoms with Gasteiger partial charge in [-0.05, 0) is 90.6 Å². The van der Waals surface area contributed by atoms with Crippen LogP contribution in [0, 0.1) is 10.1 Å². The molecule has 0 aliphatic carbocycles. The summed E-state index contributed by atoms with van der Waals surface area (Å²) < 4.78 is 30.2. The Morgan fingerprint density at radius 2 is 1.59 bits per heavy atom. The Bertz CT molecular complexity index is 2560. The Kier molecular flexibility index (Phi) is 13.6. The fraction of sp³-hybridized carbons (Fsp3) is 0.289. The van der Waals surface area contributed by atoms with Crippen molar-refractivity contribution in [3.8, 4) is 11.1 Å². The molecule has 8 rings (SSSR count). The average molecular weight is 879 g/mol. The lowest BCUT2D eigenvalue weighted by atomic mass is 9.99. The van der Waals surface area contributed by atoms with Crippen molar-refractivity contribution in [1.82, 2.24) is 25.3 Å². The van der Waals surface area contributed by atoms with Gasteiger partial charge in [-0.3, -0.25) is 25.2 Å². The van der Waals surface area contributed by atoms with E-state index in [1.54, 1.807) is 11.8 Å². The van der Waals surface area contributed by atoms with Crippen LogP contribution < -0.4 is 20.4 Å². The van der Waals surface area contributed by atoms with Crippen LogP contribution in [0.5, 0.6) is 0 Å². The minimum atomic E-state index is -4.28. The standard InChI is InChI=1S/C45H48ClN9O4S2/c46-35-13-16-40(33-9-3-1-4-10-33)34(27-35)30-52-23-25-53(26-24-52)37-14-17-41-43(28-37)47-32-48-45(41)51-61(58,59)39-15-18-42(44(29-39)55(56)57)50-36(19-20-49-54-21-7-8-22-54)31-60-38-11-5-2-6-12-38/h1-6,9-18,27-29,32,36,49-50H,7-8,19-26,30-31H2,(H,47,48,51)/t36-/m1/s1. The van der Waals surface area contributed by atoms with Crippen LogP contribution in [0.4, 0.5) is 22.9 Å². The minimum absolute atomic E-state index is 0.0884. The number of fused-ring (bicyclic) bond motifs is 1. The van der Waals surface area contributed by atoms with Gasteiger partial charge in [-0.2, -0.15) is 0 Å². The van der Waals surface area contributed by atoms with Crippen LogP contribution in [0.25, 0.3) is 22.0 Å². The van der Waals surface area contributed by atoms with Crippen LogP contribution in [0.1, 0.15) is 24.8 Å². The van der Waals surface area contributed by atoms with Crippen molar-refractivity contribution < 1.29 is 13.3 Å². The summed E-state index contributed by atoms with van der Waals surface area (Å²) >= 11 is 8.10. The van der Waals surface area contributed by atoms with Crippen molar-refractivity contribution in [3.05, 3.63) is 142 Å². The highest BCUT2D eigenvalue weighted by Gasteiger charge is 2.25. The lowest BCUT2D eigenvalue weighted by molar-refractivity contribution is -0.384. The average Bonchev–Trinajstić information content (AvgIpc) is 3.80. The number of nitrogens with zero attached hydrogens (tertiary/aromatic N) is 6. The zero-order chi connectivity index (χ0) is 42.2. The lowest BCUT2D eigenvalue weighted by Gasteiger charge is -2.36. The van der Waals surface area contributed by atoms with E-state index >= 15 is 0 Å². The van der Waals surface area contributed by atoms with Crippen LogP contribution in [0.3, 0.4) is 0 Å². The highest BCUT2D eigenvalue weighted by Crippen LogP contribution is 2.33. The van der Waals surface area contributed by atoms with Crippen molar-refractivity contribution in [2.45, 2.75) is 41.6 Å². The number of piperazine rings is 1. The second-order valence-electron chi connectivity index (χ2n) is 15.3. The van der Waals surface area contributed by atoms with Gasteiger partial charge in [-0.25, -0.2) is 23.4 Å². The van der Waals surface area contributed by atoms with E-state index in [0.717, 1.165) is 85.9 Å². The van der Waals surface area contributed by atoms with E-state index in [-0.39, 0.29) is 28.1 Å². The number of rotatable bonds is 17. The molecule has 0 saturated carbocycles. The van der Waals surface area contributed by atoms with Crippen molar-refractivity contribution >= 4 is 67.2 Å². The number of hydrogen-bond donors (Lipinski definition) is 3. The number of nitro benzene ring substituents is 1. The second-order valence-corrected chi connectivity index (χ2v) is 18.5. The predicted molar refractivity (Wildman–Crippen MR) is 246 cm³/mol. The smallest absolute Gasteiger partial charge is 0.293 e. The predicted octanol–water partition coefficient (Wildman–Crippen LogP) is 8.54. The van der Waals surface area contributed by atoms with Gasteiger partial charge in [-0.15, -0.1) is 11.8 Å². The number of hydrogen-bond acceptors (Lipinski definition) is 12. The molecule has 316 valence electrons. The number of halogens is 1.